The largest absolute Gasteiger partial charge is 0.409 e. The highest BCUT2D eigenvalue weighted by molar-refractivity contribution is 9.10. The van der Waals surface area contributed by atoms with Crippen molar-refractivity contribution in [2.75, 3.05) is 5.32 Å². The summed E-state index contributed by atoms with van der Waals surface area (Å²) >= 11 is 3.34. The first-order chi connectivity index (χ1) is 8.11. The van der Waals surface area contributed by atoms with Crippen LogP contribution in [-0.4, -0.2) is 17.0 Å². The third-order valence-corrected chi connectivity index (χ3v) is 3.23. The van der Waals surface area contributed by atoms with Gasteiger partial charge in [0.2, 0.25) is 5.91 Å². The molecule has 2 rings (SSSR count). The number of carbonyl (C=O) groups is 1. The molecular weight excluding hydrogens is 286 g/mol. The van der Waals surface area contributed by atoms with Crippen LogP contribution >= 0.6 is 15.9 Å². The molecule has 0 bridgehead atoms. The minimum absolute atomic E-state index is 0.0331. The fourth-order valence-electron chi connectivity index (χ4n) is 1.41. The molecule has 5 nitrogen and oxygen atoms in total. The highest BCUT2D eigenvalue weighted by Crippen LogP contribution is 2.31. The van der Waals surface area contributed by atoms with Gasteiger partial charge in [0.25, 0.3) is 0 Å². The van der Waals surface area contributed by atoms with Crippen LogP contribution in [0, 0.1) is 5.92 Å². The number of nitrogens with one attached hydrogen (secondary N) is 1. The van der Waals surface area contributed by atoms with E-state index in [2.05, 4.69) is 26.4 Å². The van der Waals surface area contributed by atoms with E-state index in [-0.39, 0.29) is 17.7 Å². The van der Waals surface area contributed by atoms with Crippen molar-refractivity contribution in [1.29, 1.82) is 0 Å². The van der Waals surface area contributed by atoms with Crippen molar-refractivity contribution in [2.24, 2.45) is 16.8 Å². The molecule has 17 heavy (non-hydrogen) atoms. The van der Waals surface area contributed by atoms with E-state index in [4.69, 9.17) is 10.9 Å². The molecule has 1 aliphatic carbocycles. The van der Waals surface area contributed by atoms with Crippen LogP contribution in [-0.2, 0) is 4.79 Å². The lowest BCUT2D eigenvalue weighted by molar-refractivity contribution is -0.117. The number of halogens is 1. The standard InChI is InChI=1S/C11H12BrN3O2/c12-8-5-7(10(13)15-17)3-4-9(8)14-11(16)6-1-2-6/h3-6,17H,1-2H2,(H2,13,15)(H,14,16). The highest BCUT2D eigenvalue weighted by atomic mass is 79.9. The molecule has 1 aromatic rings. The molecule has 1 saturated carbocycles. The van der Waals surface area contributed by atoms with Crippen molar-refractivity contribution in [3.05, 3.63) is 28.2 Å². The molecule has 6 heteroatoms. The van der Waals surface area contributed by atoms with Gasteiger partial charge in [0.1, 0.15) is 0 Å². The van der Waals surface area contributed by atoms with Crippen LogP contribution in [0.1, 0.15) is 18.4 Å². The summed E-state index contributed by atoms with van der Waals surface area (Å²) in [5.41, 5.74) is 6.74. The first kappa shape index (κ1) is 11.9. The van der Waals surface area contributed by atoms with Crippen LogP contribution in [0.15, 0.2) is 27.8 Å². The van der Waals surface area contributed by atoms with Crippen molar-refractivity contribution in [3.8, 4) is 0 Å². The Morgan fingerprint density at radius 1 is 1.53 bits per heavy atom. The maximum Gasteiger partial charge on any atom is 0.227 e. The molecule has 0 atom stereocenters. The lowest BCUT2D eigenvalue weighted by Crippen LogP contribution is -2.15. The van der Waals surface area contributed by atoms with Crippen molar-refractivity contribution < 1.29 is 10.0 Å². The second kappa shape index (κ2) is 4.75. The third kappa shape index (κ3) is 2.76. The van der Waals surface area contributed by atoms with E-state index in [1.807, 2.05) is 0 Å². The lowest BCUT2D eigenvalue weighted by atomic mass is 10.2. The average Bonchev–Trinajstić information content (AvgIpc) is 3.14. The highest BCUT2D eigenvalue weighted by Gasteiger charge is 2.29. The molecule has 0 unspecified atom stereocenters. The molecule has 0 saturated heterocycles. The Balaban J connectivity index is 2.16. The molecule has 1 fully saturated rings. The number of oxime groups is 1. The molecule has 90 valence electrons. The molecule has 0 aliphatic heterocycles. The summed E-state index contributed by atoms with van der Waals surface area (Å²) in [4.78, 5) is 11.6. The number of nitrogens with two attached hydrogens (primary N) is 1. The topological polar surface area (TPSA) is 87.7 Å². The summed E-state index contributed by atoms with van der Waals surface area (Å²) in [5, 5.41) is 14.3. The summed E-state index contributed by atoms with van der Waals surface area (Å²) in [7, 11) is 0. The summed E-state index contributed by atoms with van der Waals surface area (Å²) in [5.74, 6) is 0.235. The van der Waals surface area contributed by atoms with Crippen LogP contribution in [0.4, 0.5) is 5.69 Å². The normalized spacial score (nSPS) is 15.7. The number of hydrogen-bond donors (Lipinski definition) is 3. The Hall–Kier alpha value is -1.56. The van der Waals surface area contributed by atoms with Crippen LogP contribution in [0.2, 0.25) is 0 Å². The molecule has 1 amide bonds. The van der Waals surface area contributed by atoms with Gasteiger partial charge in [-0.2, -0.15) is 0 Å². The van der Waals surface area contributed by atoms with E-state index in [1.54, 1.807) is 18.2 Å². The van der Waals surface area contributed by atoms with Crippen LogP contribution < -0.4 is 11.1 Å². The maximum absolute atomic E-state index is 11.6. The van der Waals surface area contributed by atoms with Crippen molar-refractivity contribution in [1.82, 2.24) is 0 Å². The van der Waals surface area contributed by atoms with Gasteiger partial charge in [0, 0.05) is 16.0 Å². The molecule has 0 radical (unpaired) electrons. The Morgan fingerprint density at radius 3 is 2.76 bits per heavy atom. The van der Waals surface area contributed by atoms with Gasteiger partial charge >= 0.3 is 0 Å². The van der Waals surface area contributed by atoms with E-state index >= 15 is 0 Å². The Bertz CT molecular complexity index is 484. The Labute approximate surface area is 107 Å². The van der Waals surface area contributed by atoms with Gasteiger partial charge in [0.15, 0.2) is 5.84 Å². The zero-order valence-electron chi connectivity index (χ0n) is 8.98. The zero-order chi connectivity index (χ0) is 12.4. The fourth-order valence-corrected chi connectivity index (χ4v) is 1.89. The number of anilines is 1. The molecule has 0 heterocycles. The number of amidine groups is 1. The van der Waals surface area contributed by atoms with Gasteiger partial charge in [0.05, 0.1) is 5.69 Å². The summed E-state index contributed by atoms with van der Waals surface area (Å²) in [6, 6.07) is 5.09. The average molecular weight is 298 g/mol. The molecular formula is C11H12BrN3O2. The van der Waals surface area contributed by atoms with E-state index < -0.39 is 0 Å². The first-order valence-electron chi connectivity index (χ1n) is 5.20. The molecule has 0 aromatic heterocycles. The van der Waals surface area contributed by atoms with Crippen LogP contribution in [0.3, 0.4) is 0 Å². The number of amides is 1. The van der Waals surface area contributed by atoms with Gasteiger partial charge < -0.3 is 16.3 Å². The second-order valence-corrected chi connectivity index (χ2v) is 4.80. The fraction of sp³-hybridized carbons (Fsp3) is 0.273. The zero-order valence-corrected chi connectivity index (χ0v) is 10.6. The SMILES string of the molecule is N/C(=N/O)c1ccc(NC(=O)C2CC2)c(Br)c1. The van der Waals surface area contributed by atoms with Gasteiger partial charge in [-0.1, -0.05) is 5.16 Å². The molecule has 0 spiro atoms. The first-order valence-corrected chi connectivity index (χ1v) is 5.99. The number of rotatable bonds is 3. The molecule has 1 aromatic carbocycles. The predicted molar refractivity (Wildman–Crippen MR) is 68.0 cm³/mol. The van der Waals surface area contributed by atoms with Crippen LogP contribution in [0.5, 0.6) is 0 Å². The minimum Gasteiger partial charge on any atom is -0.409 e. The molecule has 4 N–H and O–H groups in total. The number of hydrogen-bond acceptors (Lipinski definition) is 3. The Morgan fingerprint density at radius 2 is 2.24 bits per heavy atom. The van der Waals surface area contributed by atoms with Crippen molar-refractivity contribution in [3.63, 3.8) is 0 Å². The summed E-state index contributed by atoms with van der Waals surface area (Å²) < 4.78 is 0.704. The van der Waals surface area contributed by atoms with Crippen molar-refractivity contribution >= 4 is 33.4 Å². The number of benzene rings is 1. The van der Waals surface area contributed by atoms with E-state index in [1.165, 1.54) is 0 Å². The van der Waals surface area contributed by atoms with E-state index in [0.717, 1.165) is 12.8 Å². The van der Waals surface area contributed by atoms with Gasteiger partial charge in [-0.3, -0.25) is 4.79 Å². The number of nitrogens with zero attached hydrogens (tertiary/aromatic N) is 1. The van der Waals surface area contributed by atoms with Gasteiger partial charge in [-0.15, -0.1) is 0 Å². The lowest BCUT2D eigenvalue weighted by Gasteiger charge is -2.08. The quantitative estimate of drug-likeness (QED) is 0.344. The monoisotopic (exact) mass is 297 g/mol. The van der Waals surface area contributed by atoms with Gasteiger partial charge in [-0.05, 0) is 47.0 Å². The van der Waals surface area contributed by atoms with E-state index in [9.17, 15) is 4.79 Å². The third-order valence-electron chi connectivity index (χ3n) is 2.58. The number of carbonyl (C=O) groups excluding carboxylic acids is 1. The summed E-state index contributed by atoms with van der Waals surface area (Å²) in [6.07, 6.45) is 1.93. The minimum atomic E-state index is 0.0331. The smallest absolute Gasteiger partial charge is 0.227 e. The van der Waals surface area contributed by atoms with E-state index in [0.29, 0.717) is 15.7 Å². The second-order valence-electron chi connectivity index (χ2n) is 3.94. The maximum atomic E-state index is 11.6. The van der Waals surface area contributed by atoms with Gasteiger partial charge in [-0.25, -0.2) is 0 Å². The predicted octanol–water partition coefficient (Wildman–Crippen LogP) is 1.89. The Kier molecular flexibility index (Phi) is 3.33. The summed E-state index contributed by atoms with van der Waals surface area (Å²) in [6.45, 7) is 0. The molecule has 1 aliphatic rings. The van der Waals surface area contributed by atoms with Crippen LogP contribution in [0.25, 0.3) is 0 Å². The van der Waals surface area contributed by atoms with Crippen molar-refractivity contribution in [2.45, 2.75) is 12.8 Å².